The summed E-state index contributed by atoms with van der Waals surface area (Å²) in [4.78, 5) is 1.25. The summed E-state index contributed by atoms with van der Waals surface area (Å²) in [5, 5.41) is 0. The zero-order valence-corrected chi connectivity index (χ0v) is 12.2. The van der Waals surface area contributed by atoms with Gasteiger partial charge in [-0.05, 0) is 56.7 Å². The molecule has 0 bridgehead atoms. The van der Waals surface area contributed by atoms with Crippen LogP contribution in [0.4, 0.5) is 0 Å². The van der Waals surface area contributed by atoms with E-state index < -0.39 is 0 Å². The van der Waals surface area contributed by atoms with Gasteiger partial charge in [0.1, 0.15) is 0 Å². The third-order valence-electron chi connectivity index (χ3n) is 2.77. The van der Waals surface area contributed by atoms with Crippen LogP contribution in [0.25, 0.3) is 0 Å². The van der Waals surface area contributed by atoms with Crippen molar-refractivity contribution in [1.82, 2.24) is 0 Å². The van der Waals surface area contributed by atoms with Crippen LogP contribution in [0.1, 0.15) is 23.8 Å². The minimum Gasteiger partial charge on any atom is -0.381 e. The Morgan fingerprint density at radius 1 is 1.40 bits per heavy atom. The molecule has 1 atom stereocenters. The molecular formula is C10H13Br2NOS. The number of rotatable bonds is 2. The van der Waals surface area contributed by atoms with Gasteiger partial charge in [-0.3, -0.25) is 0 Å². The largest absolute Gasteiger partial charge is 0.381 e. The fourth-order valence-corrected chi connectivity index (χ4v) is 4.02. The lowest BCUT2D eigenvalue weighted by Gasteiger charge is -2.26. The van der Waals surface area contributed by atoms with Gasteiger partial charge < -0.3 is 10.5 Å². The molecule has 5 heteroatoms. The number of ether oxygens (including phenoxy) is 1. The molecule has 1 aliphatic heterocycles. The minimum absolute atomic E-state index is 0.154. The maximum Gasteiger partial charge on any atom is 0.0843 e. The highest BCUT2D eigenvalue weighted by atomic mass is 79.9. The molecular weight excluding hydrogens is 342 g/mol. The second-order valence-electron chi connectivity index (χ2n) is 3.75. The second kappa shape index (κ2) is 5.27. The molecule has 15 heavy (non-hydrogen) atoms. The lowest BCUT2D eigenvalue weighted by atomic mass is 9.91. The molecule has 0 amide bonds. The molecule has 1 aromatic rings. The quantitative estimate of drug-likeness (QED) is 0.878. The van der Waals surface area contributed by atoms with E-state index in [-0.39, 0.29) is 6.04 Å². The second-order valence-corrected chi connectivity index (χ2v) is 7.00. The van der Waals surface area contributed by atoms with Gasteiger partial charge in [-0.25, -0.2) is 0 Å². The average molecular weight is 355 g/mol. The molecule has 2 heterocycles. The Bertz CT molecular complexity index is 317. The van der Waals surface area contributed by atoms with Crippen molar-refractivity contribution in [3.8, 4) is 0 Å². The van der Waals surface area contributed by atoms with E-state index in [4.69, 9.17) is 10.5 Å². The summed E-state index contributed by atoms with van der Waals surface area (Å²) < 4.78 is 7.57. The Morgan fingerprint density at radius 3 is 2.60 bits per heavy atom. The van der Waals surface area contributed by atoms with Gasteiger partial charge in [0, 0.05) is 28.6 Å². The Hall–Kier alpha value is 0.580. The van der Waals surface area contributed by atoms with Crippen molar-refractivity contribution in [2.75, 3.05) is 13.2 Å². The minimum atomic E-state index is 0.154. The third kappa shape index (κ3) is 2.82. The highest BCUT2D eigenvalue weighted by Gasteiger charge is 2.24. The standard InChI is InChI=1S/C10H13Br2NOS/c11-7-5-8(15-10(7)12)9(13)6-1-3-14-4-2-6/h5-6,9H,1-4,13H2. The molecule has 1 aromatic heterocycles. The molecule has 2 rings (SSSR count). The molecule has 2 N–H and O–H groups in total. The van der Waals surface area contributed by atoms with Gasteiger partial charge in [0.25, 0.3) is 0 Å². The normalized spacial score (nSPS) is 20.5. The SMILES string of the molecule is NC(c1cc(Br)c(Br)s1)C1CCOCC1. The summed E-state index contributed by atoms with van der Waals surface area (Å²) in [5.74, 6) is 0.566. The lowest BCUT2D eigenvalue weighted by molar-refractivity contribution is 0.0587. The van der Waals surface area contributed by atoms with Crippen molar-refractivity contribution in [3.63, 3.8) is 0 Å². The Balaban J connectivity index is 2.08. The summed E-state index contributed by atoms with van der Waals surface area (Å²) in [6, 6.07) is 2.27. The first-order chi connectivity index (χ1) is 7.18. The summed E-state index contributed by atoms with van der Waals surface area (Å²) >= 11 is 8.71. The van der Waals surface area contributed by atoms with Crippen LogP contribution in [0.5, 0.6) is 0 Å². The molecule has 1 aliphatic rings. The first-order valence-corrected chi connectivity index (χ1v) is 7.37. The molecule has 0 radical (unpaired) electrons. The van der Waals surface area contributed by atoms with Gasteiger partial charge in [-0.2, -0.15) is 0 Å². The highest BCUT2D eigenvalue weighted by molar-refractivity contribution is 9.13. The van der Waals surface area contributed by atoms with Gasteiger partial charge in [-0.15, -0.1) is 11.3 Å². The fourth-order valence-electron chi connectivity index (χ4n) is 1.83. The van der Waals surface area contributed by atoms with E-state index in [9.17, 15) is 0 Å². The van der Waals surface area contributed by atoms with Crippen molar-refractivity contribution in [3.05, 3.63) is 19.2 Å². The third-order valence-corrected chi connectivity index (χ3v) is 6.12. The van der Waals surface area contributed by atoms with Crippen molar-refractivity contribution in [1.29, 1.82) is 0 Å². The zero-order chi connectivity index (χ0) is 10.8. The Labute approximate surface area is 110 Å². The van der Waals surface area contributed by atoms with Crippen LogP contribution in [-0.2, 0) is 4.74 Å². The smallest absolute Gasteiger partial charge is 0.0843 e. The molecule has 1 unspecified atom stereocenters. The number of nitrogens with two attached hydrogens (primary N) is 1. The van der Waals surface area contributed by atoms with Gasteiger partial charge in [-0.1, -0.05) is 0 Å². The first kappa shape index (κ1) is 12.0. The van der Waals surface area contributed by atoms with E-state index in [1.54, 1.807) is 11.3 Å². The molecule has 0 aliphatic carbocycles. The molecule has 0 spiro atoms. The lowest BCUT2D eigenvalue weighted by Crippen LogP contribution is -2.26. The monoisotopic (exact) mass is 353 g/mol. The van der Waals surface area contributed by atoms with Crippen molar-refractivity contribution in [2.45, 2.75) is 18.9 Å². The molecule has 0 aromatic carbocycles. The van der Waals surface area contributed by atoms with Crippen molar-refractivity contribution >= 4 is 43.2 Å². The van der Waals surface area contributed by atoms with Gasteiger partial charge >= 0.3 is 0 Å². The van der Waals surface area contributed by atoms with E-state index in [0.717, 1.165) is 34.3 Å². The van der Waals surface area contributed by atoms with Crippen LogP contribution in [0, 0.1) is 5.92 Å². The van der Waals surface area contributed by atoms with Crippen LogP contribution >= 0.6 is 43.2 Å². The average Bonchev–Trinajstić information content (AvgIpc) is 2.59. The van der Waals surface area contributed by atoms with Gasteiger partial charge in [0.05, 0.1) is 3.79 Å². The number of hydrogen-bond acceptors (Lipinski definition) is 3. The molecule has 84 valence electrons. The maximum atomic E-state index is 6.27. The molecule has 1 saturated heterocycles. The molecule has 1 fully saturated rings. The Kier molecular flexibility index (Phi) is 4.24. The van der Waals surface area contributed by atoms with Crippen LogP contribution in [0.2, 0.25) is 0 Å². The highest BCUT2D eigenvalue weighted by Crippen LogP contribution is 2.38. The van der Waals surface area contributed by atoms with Crippen LogP contribution < -0.4 is 5.73 Å². The van der Waals surface area contributed by atoms with E-state index in [0.29, 0.717) is 5.92 Å². The van der Waals surface area contributed by atoms with Crippen LogP contribution in [0.3, 0.4) is 0 Å². The number of thiophene rings is 1. The zero-order valence-electron chi connectivity index (χ0n) is 8.21. The van der Waals surface area contributed by atoms with Crippen molar-refractivity contribution in [2.24, 2.45) is 11.7 Å². The van der Waals surface area contributed by atoms with Crippen LogP contribution in [0.15, 0.2) is 14.3 Å². The van der Waals surface area contributed by atoms with E-state index in [2.05, 4.69) is 37.9 Å². The topological polar surface area (TPSA) is 35.2 Å². The summed E-state index contributed by atoms with van der Waals surface area (Å²) in [6.45, 7) is 1.71. The summed E-state index contributed by atoms with van der Waals surface area (Å²) in [6.07, 6.45) is 2.16. The van der Waals surface area contributed by atoms with Crippen molar-refractivity contribution < 1.29 is 4.74 Å². The Morgan fingerprint density at radius 2 is 2.07 bits per heavy atom. The number of halogens is 2. The fraction of sp³-hybridized carbons (Fsp3) is 0.600. The van der Waals surface area contributed by atoms with Gasteiger partial charge in [0.15, 0.2) is 0 Å². The van der Waals surface area contributed by atoms with E-state index >= 15 is 0 Å². The first-order valence-electron chi connectivity index (χ1n) is 4.96. The maximum absolute atomic E-state index is 6.27. The summed E-state index contributed by atoms with van der Waals surface area (Å²) in [7, 11) is 0. The van der Waals surface area contributed by atoms with Crippen LogP contribution in [-0.4, -0.2) is 13.2 Å². The van der Waals surface area contributed by atoms with E-state index in [1.807, 2.05) is 0 Å². The van der Waals surface area contributed by atoms with Gasteiger partial charge in [0.2, 0.25) is 0 Å². The van der Waals surface area contributed by atoms with E-state index in [1.165, 1.54) is 4.88 Å². The number of hydrogen-bond donors (Lipinski definition) is 1. The molecule has 0 saturated carbocycles. The predicted octanol–water partition coefficient (Wildman–Crippen LogP) is 3.70. The molecule has 2 nitrogen and oxygen atoms in total. The summed E-state index contributed by atoms with van der Waals surface area (Å²) in [5.41, 5.74) is 6.27. The predicted molar refractivity (Wildman–Crippen MR) is 70.2 cm³/mol.